The molecule has 0 fully saturated rings. The van der Waals surface area contributed by atoms with Crippen LogP contribution in [0, 0.1) is 19.7 Å². The van der Waals surface area contributed by atoms with Crippen molar-refractivity contribution in [3.05, 3.63) is 81.8 Å². The molecule has 5 nitrogen and oxygen atoms in total. The van der Waals surface area contributed by atoms with Crippen LogP contribution in [0.5, 0.6) is 5.75 Å². The number of carbonyl (C=O) groups is 1. The second-order valence-corrected chi connectivity index (χ2v) is 8.14. The topological polar surface area (TPSA) is 55.6 Å². The van der Waals surface area contributed by atoms with Crippen molar-refractivity contribution in [3.8, 4) is 5.75 Å². The number of halogens is 1. The first kappa shape index (κ1) is 20.1. The summed E-state index contributed by atoms with van der Waals surface area (Å²) in [5.41, 5.74) is 2.19. The molecule has 2 aromatic heterocycles. The number of amides is 1. The largest absolute Gasteiger partial charge is 0.489 e. The number of aryl methyl sites for hydroxylation is 2. The number of hydrogen-bond acceptors (Lipinski definition) is 5. The van der Waals surface area contributed by atoms with E-state index in [4.69, 9.17) is 9.26 Å². The average molecular weight is 424 g/mol. The van der Waals surface area contributed by atoms with Gasteiger partial charge in [-0.05, 0) is 38.1 Å². The Labute approximate surface area is 177 Å². The highest BCUT2D eigenvalue weighted by atomic mass is 32.1. The molecule has 0 radical (unpaired) electrons. The van der Waals surface area contributed by atoms with E-state index < -0.39 is 0 Å². The Balaban J connectivity index is 1.68. The van der Waals surface area contributed by atoms with Gasteiger partial charge in [-0.3, -0.25) is 4.79 Å². The number of hydrogen-bond donors (Lipinski definition) is 0. The van der Waals surface area contributed by atoms with E-state index in [9.17, 15) is 9.18 Å². The predicted molar refractivity (Wildman–Crippen MR) is 114 cm³/mol. The zero-order valence-electron chi connectivity index (χ0n) is 16.9. The Morgan fingerprint density at radius 3 is 2.60 bits per heavy atom. The van der Waals surface area contributed by atoms with Gasteiger partial charge < -0.3 is 14.2 Å². The van der Waals surface area contributed by atoms with E-state index in [-0.39, 0.29) is 18.3 Å². The molecular formula is C23H21FN2O3S. The number of nitrogens with zero attached hydrogens (tertiary/aromatic N) is 2. The molecule has 7 heteroatoms. The van der Waals surface area contributed by atoms with Crippen LogP contribution in [0.4, 0.5) is 4.39 Å². The minimum Gasteiger partial charge on any atom is -0.489 e. The normalized spacial score (nSPS) is 11.1. The molecule has 0 N–H and O–H groups in total. The molecule has 0 atom stereocenters. The summed E-state index contributed by atoms with van der Waals surface area (Å²) >= 11 is 1.28. The number of thiophene rings is 1. The molecule has 4 aromatic rings. The predicted octanol–water partition coefficient (Wildman–Crippen LogP) is 5.50. The van der Waals surface area contributed by atoms with Crippen LogP contribution in [0.2, 0.25) is 0 Å². The fraction of sp³-hybridized carbons (Fsp3) is 0.217. The number of aromatic nitrogens is 1. The van der Waals surface area contributed by atoms with Crippen molar-refractivity contribution in [3.63, 3.8) is 0 Å². The molecule has 0 aliphatic heterocycles. The highest BCUT2D eigenvalue weighted by Gasteiger charge is 2.25. The van der Waals surface area contributed by atoms with Crippen molar-refractivity contribution in [1.82, 2.24) is 10.1 Å². The van der Waals surface area contributed by atoms with Crippen LogP contribution in [-0.4, -0.2) is 23.0 Å². The van der Waals surface area contributed by atoms with E-state index in [1.54, 1.807) is 18.0 Å². The number of para-hydroxylation sites is 1. The fourth-order valence-corrected chi connectivity index (χ4v) is 4.58. The van der Waals surface area contributed by atoms with Gasteiger partial charge in [0.1, 0.15) is 23.9 Å². The van der Waals surface area contributed by atoms with Crippen molar-refractivity contribution >= 4 is 27.3 Å². The molecule has 0 aliphatic rings. The molecule has 0 bridgehead atoms. The van der Waals surface area contributed by atoms with Crippen molar-refractivity contribution in [2.75, 3.05) is 7.05 Å². The van der Waals surface area contributed by atoms with Crippen molar-refractivity contribution < 1.29 is 18.4 Å². The molecular weight excluding hydrogens is 403 g/mol. The van der Waals surface area contributed by atoms with E-state index in [0.29, 0.717) is 33.9 Å². The van der Waals surface area contributed by atoms with Gasteiger partial charge in [0.2, 0.25) is 0 Å². The maximum Gasteiger partial charge on any atom is 0.264 e. The molecule has 0 saturated heterocycles. The van der Waals surface area contributed by atoms with Gasteiger partial charge in [-0.15, -0.1) is 11.3 Å². The van der Waals surface area contributed by atoms with Crippen LogP contribution < -0.4 is 4.74 Å². The van der Waals surface area contributed by atoms with Gasteiger partial charge >= 0.3 is 0 Å². The lowest BCUT2D eigenvalue weighted by Gasteiger charge is -2.17. The summed E-state index contributed by atoms with van der Waals surface area (Å²) in [6, 6.07) is 14.2. The molecule has 1 amide bonds. The van der Waals surface area contributed by atoms with E-state index in [2.05, 4.69) is 5.16 Å². The minimum absolute atomic E-state index is 0.102. The number of rotatable bonds is 6. The zero-order valence-corrected chi connectivity index (χ0v) is 17.8. The third kappa shape index (κ3) is 3.80. The van der Waals surface area contributed by atoms with E-state index >= 15 is 0 Å². The van der Waals surface area contributed by atoms with Crippen LogP contribution in [0.25, 0.3) is 10.1 Å². The summed E-state index contributed by atoms with van der Waals surface area (Å²) in [7, 11) is 1.72. The van der Waals surface area contributed by atoms with Crippen LogP contribution in [0.1, 0.15) is 32.3 Å². The summed E-state index contributed by atoms with van der Waals surface area (Å²) in [5.74, 6) is 0.794. The van der Waals surface area contributed by atoms with Gasteiger partial charge in [-0.1, -0.05) is 29.4 Å². The van der Waals surface area contributed by atoms with Crippen molar-refractivity contribution in [2.45, 2.75) is 27.0 Å². The quantitative estimate of drug-likeness (QED) is 0.410. The summed E-state index contributed by atoms with van der Waals surface area (Å²) in [5, 5.41) is 4.39. The smallest absolute Gasteiger partial charge is 0.264 e. The lowest BCUT2D eigenvalue weighted by molar-refractivity contribution is 0.0787. The maximum absolute atomic E-state index is 14.7. The molecule has 154 valence electrons. The number of ether oxygens (including phenoxy) is 1. The molecule has 0 aliphatic carbocycles. The van der Waals surface area contributed by atoms with Gasteiger partial charge in [0, 0.05) is 28.3 Å². The third-order valence-corrected chi connectivity index (χ3v) is 6.19. The number of benzene rings is 2. The van der Waals surface area contributed by atoms with Crippen molar-refractivity contribution in [2.24, 2.45) is 0 Å². The van der Waals surface area contributed by atoms with E-state index in [0.717, 1.165) is 16.0 Å². The number of fused-ring (bicyclic) bond motifs is 1. The van der Waals surface area contributed by atoms with Crippen LogP contribution in [-0.2, 0) is 13.2 Å². The van der Waals surface area contributed by atoms with Crippen LogP contribution in [0.15, 0.2) is 53.1 Å². The van der Waals surface area contributed by atoms with E-state index in [1.165, 1.54) is 17.4 Å². The Kier molecular flexibility index (Phi) is 5.55. The van der Waals surface area contributed by atoms with Gasteiger partial charge in [-0.25, -0.2) is 4.39 Å². The first-order chi connectivity index (χ1) is 14.5. The Bertz CT molecular complexity index is 1180. The minimum atomic E-state index is -0.358. The van der Waals surface area contributed by atoms with E-state index in [1.807, 2.05) is 50.2 Å². The lowest BCUT2D eigenvalue weighted by Crippen LogP contribution is -2.27. The third-order valence-electron chi connectivity index (χ3n) is 5.01. The van der Waals surface area contributed by atoms with Crippen molar-refractivity contribution in [1.29, 1.82) is 0 Å². The fourth-order valence-electron chi connectivity index (χ4n) is 3.36. The van der Waals surface area contributed by atoms with Gasteiger partial charge in [0.05, 0.1) is 17.1 Å². The van der Waals surface area contributed by atoms with Gasteiger partial charge in [0.15, 0.2) is 0 Å². The Morgan fingerprint density at radius 1 is 1.13 bits per heavy atom. The van der Waals surface area contributed by atoms with Gasteiger partial charge in [0.25, 0.3) is 5.91 Å². The molecule has 0 spiro atoms. The SMILES string of the molecule is Cc1noc(C)c1CN(C)C(=O)c1sc2cccc(F)c2c1COc1ccccc1. The molecule has 0 saturated carbocycles. The highest BCUT2D eigenvalue weighted by Crippen LogP contribution is 2.35. The Morgan fingerprint density at radius 2 is 1.90 bits per heavy atom. The second kappa shape index (κ2) is 8.28. The lowest BCUT2D eigenvalue weighted by atomic mass is 10.1. The first-order valence-electron chi connectivity index (χ1n) is 9.50. The molecule has 4 rings (SSSR count). The highest BCUT2D eigenvalue weighted by molar-refractivity contribution is 7.21. The molecule has 30 heavy (non-hydrogen) atoms. The molecule has 2 aromatic carbocycles. The van der Waals surface area contributed by atoms with Gasteiger partial charge in [-0.2, -0.15) is 0 Å². The van der Waals surface area contributed by atoms with Crippen LogP contribution >= 0.6 is 11.3 Å². The average Bonchev–Trinajstić information content (AvgIpc) is 3.28. The summed E-state index contributed by atoms with van der Waals surface area (Å²) in [4.78, 5) is 15.4. The molecule has 0 unspecified atom stereocenters. The zero-order chi connectivity index (χ0) is 21.3. The maximum atomic E-state index is 14.7. The number of carbonyl (C=O) groups excluding carboxylic acids is 1. The first-order valence-corrected chi connectivity index (χ1v) is 10.3. The standard InChI is InChI=1S/C23H21FN2O3S/c1-14-17(15(2)29-25-14)12-26(3)23(27)22-18(13-28-16-8-5-4-6-9-16)21-19(24)10-7-11-20(21)30-22/h4-11H,12-13H2,1-3H3. The summed E-state index contributed by atoms with van der Waals surface area (Å²) < 4.78 is 26.5. The molecule has 2 heterocycles. The Hall–Kier alpha value is -3.19. The summed E-state index contributed by atoms with van der Waals surface area (Å²) in [6.07, 6.45) is 0. The van der Waals surface area contributed by atoms with Crippen LogP contribution in [0.3, 0.4) is 0 Å². The summed E-state index contributed by atoms with van der Waals surface area (Å²) in [6.45, 7) is 4.13. The second-order valence-electron chi connectivity index (χ2n) is 7.09. The monoisotopic (exact) mass is 424 g/mol.